The van der Waals surface area contributed by atoms with Crippen LogP contribution in [0.5, 0.6) is 0 Å². The van der Waals surface area contributed by atoms with Crippen LogP contribution in [0.4, 0.5) is 26.3 Å². The molecule has 5 nitrogen and oxygen atoms in total. The molecule has 0 unspecified atom stereocenters. The highest BCUT2D eigenvalue weighted by molar-refractivity contribution is 6.12. The highest BCUT2D eigenvalue weighted by Gasteiger charge is 2.37. The minimum absolute atomic E-state index is 0.0582. The lowest BCUT2D eigenvalue weighted by Crippen LogP contribution is -2.11. The molecule has 0 saturated carbocycles. The number of nitrogens with zero attached hydrogens (tertiary/aromatic N) is 5. The Morgan fingerprint density at radius 1 is 0.329 bits per heavy atom. The molecule has 0 atom stereocenters. The van der Waals surface area contributed by atoms with Crippen molar-refractivity contribution in [3.63, 3.8) is 0 Å². The maximum absolute atomic E-state index is 14.3. The Hall–Kier alpha value is -9.37. The number of rotatable bonds is 6. The molecule has 11 aromatic rings. The van der Waals surface area contributed by atoms with Gasteiger partial charge in [0.1, 0.15) is 0 Å². The Morgan fingerprint density at radius 2 is 0.786 bits per heavy atom. The number of alkyl halides is 6. The lowest BCUT2D eigenvalue weighted by molar-refractivity contribution is -0.143. The maximum atomic E-state index is 14.3. The molecular weight excluding hydrogens is 893 g/mol. The summed E-state index contributed by atoms with van der Waals surface area (Å²) >= 11 is 0. The maximum Gasteiger partial charge on any atom is 0.416 e. The Kier molecular flexibility index (Phi) is 10.2. The average molecular weight is 924 g/mol. The third kappa shape index (κ3) is 7.18. The predicted octanol–water partition coefficient (Wildman–Crippen LogP) is 16.2. The summed E-state index contributed by atoms with van der Waals surface area (Å²) in [7, 11) is 0. The number of para-hydroxylation sites is 2. The van der Waals surface area contributed by atoms with E-state index in [-0.39, 0.29) is 22.8 Å². The molecule has 9 aromatic carbocycles. The second-order valence-electron chi connectivity index (χ2n) is 16.9. The monoisotopic (exact) mass is 923 g/mol. The van der Waals surface area contributed by atoms with Gasteiger partial charge in [-0.15, -0.1) is 0 Å². The van der Waals surface area contributed by atoms with Crippen LogP contribution in [0.25, 0.3) is 99.5 Å². The van der Waals surface area contributed by atoms with Crippen LogP contribution in [0.15, 0.2) is 188 Å². The van der Waals surface area contributed by atoms with E-state index in [1.54, 1.807) is 42.5 Å². The molecule has 2 aromatic heterocycles. The number of halogens is 6. The summed E-state index contributed by atoms with van der Waals surface area (Å²) in [6.07, 6.45) is -10.2. The molecule has 2 heterocycles. The van der Waals surface area contributed by atoms with Crippen molar-refractivity contribution in [3.8, 4) is 74.1 Å². The molecule has 0 aliphatic heterocycles. The van der Waals surface area contributed by atoms with Crippen molar-refractivity contribution in [2.75, 3.05) is 0 Å². The van der Waals surface area contributed by atoms with Crippen LogP contribution in [-0.4, -0.2) is 9.13 Å². The van der Waals surface area contributed by atoms with Crippen LogP contribution in [0.2, 0.25) is 0 Å². The van der Waals surface area contributed by atoms with Crippen LogP contribution >= 0.6 is 0 Å². The van der Waals surface area contributed by atoms with Crippen LogP contribution in [-0.2, 0) is 12.4 Å². The van der Waals surface area contributed by atoms with E-state index in [4.69, 9.17) is 0 Å². The number of hydrogen-bond acceptors (Lipinski definition) is 3. The number of aromatic nitrogens is 2. The van der Waals surface area contributed by atoms with E-state index < -0.39 is 23.5 Å². The summed E-state index contributed by atoms with van der Waals surface area (Å²) in [5.41, 5.74) is 6.14. The minimum Gasteiger partial charge on any atom is -0.309 e. The Bertz CT molecular complexity index is 4060. The first kappa shape index (κ1) is 43.2. The van der Waals surface area contributed by atoms with Gasteiger partial charge in [0.25, 0.3) is 0 Å². The van der Waals surface area contributed by atoms with Crippen molar-refractivity contribution < 1.29 is 26.3 Å². The van der Waals surface area contributed by atoms with Crippen LogP contribution in [0.1, 0.15) is 27.8 Å². The molecule has 334 valence electrons. The van der Waals surface area contributed by atoms with E-state index in [2.05, 4.69) is 18.2 Å². The average Bonchev–Trinajstić information content (AvgIpc) is 3.89. The van der Waals surface area contributed by atoms with Gasteiger partial charge in [0, 0.05) is 38.4 Å². The fraction of sp³-hybridized carbons (Fsp3) is 0.0339. The van der Waals surface area contributed by atoms with Crippen LogP contribution < -0.4 is 0 Å². The normalized spacial score (nSPS) is 11.8. The molecular formula is C59H31F6N5. The van der Waals surface area contributed by atoms with Gasteiger partial charge in [-0.1, -0.05) is 91.0 Å². The molecule has 0 aliphatic rings. The van der Waals surface area contributed by atoms with E-state index in [9.17, 15) is 42.1 Å². The molecule has 0 fully saturated rings. The van der Waals surface area contributed by atoms with Gasteiger partial charge in [-0.25, -0.2) is 0 Å². The molecule has 0 radical (unpaired) electrons. The van der Waals surface area contributed by atoms with Crippen molar-refractivity contribution in [1.29, 1.82) is 15.8 Å². The highest BCUT2D eigenvalue weighted by Crippen LogP contribution is 2.44. The van der Waals surface area contributed by atoms with E-state index in [1.165, 1.54) is 6.07 Å². The van der Waals surface area contributed by atoms with Gasteiger partial charge in [0.15, 0.2) is 0 Å². The largest absolute Gasteiger partial charge is 0.416 e. The predicted molar refractivity (Wildman–Crippen MR) is 261 cm³/mol. The number of fused-ring (bicyclic) bond motifs is 6. The van der Waals surface area contributed by atoms with Crippen molar-refractivity contribution >= 4 is 43.6 Å². The summed E-state index contributed by atoms with van der Waals surface area (Å²) in [6, 6.07) is 60.2. The summed E-state index contributed by atoms with van der Waals surface area (Å²) < 4.78 is 90.0. The fourth-order valence-corrected chi connectivity index (χ4v) is 9.72. The Morgan fingerprint density at radius 3 is 1.33 bits per heavy atom. The first-order valence-corrected chi connectivity index (χ1v) is 21.9. The van der Waals surface area contributed by atoms with E-state index in [1.807, 2.05) is 130 Å². The second-order valence-corrected chi connectivity index (χ2v) is 16.9. The van der Waals surface area contributed by atoms with Gasteiger partial charge >= 0.3 is 12.4 Å². The van der Waals surface area contributed by atoms with Gasteiger partial charge in [-0.2, -0.15) is 42.1 Å². The number of hydrogen-bond donors (Lipinski definition) is 0. The molecule has 0 amide bonds. The van der Waals surface area contributed by atoms with Gasteiger partial charge in [0.05, 0.1) is 73.8 Å². The van der Waals surface area contributed by atoms with Crippen molar-refractivity contribution in [1.82, 2.24) is 9.13 Å². The quantitative estimate of drug-likeness (QED) is 0.156. The smallest absolute Gasteiger partial charge is 0.309 e. The standard InChI is InChI=1S/C59H31F6N5/c60-58(61,62)42-25-41(26-43(30-42)59(63,64)65)35-18-22-57(70-54-16-8-6-14-48(54)51-29-37(20-24-56(51)70)46-12-4-2-10-39(46)33-67)52(27-35)49-31-44(21-17-40(49)34-68)69-53-15-7-5-13-47(53)50-28-36(19-23-55(50)69)45-11-3-1-9-38(45)32-66/h1-31H. The molecule has 0 N–H and O–H groups in total. The lowest BCUT2D eigenvalue weighted by Gasteiger charge is -2.19. The SMILES string of the molecule is N#Cc1ccccc1-c1ccc2c(c1)c1ccccc1n2-c1ccc(C#N)c(-c2cc(-c3cc(C(F)(F)F)cc(C(F)(F)F)c3)ccc2-n2c3ccccc3c3cc(-c4ccccc4C#N)ccc32)c1. The zero-order chi connectivity index (χ0) is 48.5. The molecule has 11 heteroatoms. The van der Waals surface area contributed by atoms with Gasteiger partial charge in [0.2, 0.25) is 0 Å². The summed E-state index contributed by atoms with van der Waals surface area (Å²) in [5, 5.41) is 34.2. The number of benzene rings is 9. The summed E-state index contributed by atoms with van der Waals surface area (Å²) in [6.45, 7) is 0. The third-order valence-corrected chi connectivity index (χ3v) is 12.9. The second kappa shape index (κ2) is 16.4. The van der Waals surface area contributed by atoms with Crippen molar-refractivity contribution in [2.24, 2.45) is 0 Å². The number of nitriles is 3. The van der Waals surface area contributed by atoms with Crippen molar-refractivity contribution in [3.05, 3.63) is 216 Å². The summed E-state index contributed by atoms with van der Waals surface area (Å²) in [5.74, 6) is 0. The van der Waals surface area contributed by atoms with E-state index in [0.717, 1.165) is 65.9 Å². The molecule has 11 rings (SSSR count). The van der Waals surface area contributed by atoms with Crippen molar-refractivity contribution in [2.45, 2.75) is 12.4 Å². The van der Waals surface area contributed by atoms with Gasteiger partial charge in [-0.05, 0) is 130 Å². The summed E-state index contributed by atoms with van der Waals surface area (Å²) in [4.78, 5) is 0. The Labute approximate surface area is 395 Å². The molecule has 0 spiro atoms. The van der Waals surface area contributed by atoms with E-state index in [0.29, 0.717) is 45.8 Å². The molecule has 0 bridgehead atoms. The highest BCUT2D eigenvalue weighted by atomic mass is 19.4. The van der Waals surface area contributed by atoms with E-state index >= 15 is 0 Å². The first-order chi connectivity index (χ1) is 33.8. The molecule has 0 saturated heterocycles. The third-order valence-electron chi connectivity index (χ3n) is 12.9. The van der Waals surface area contributed by atoms with Crippen LogP contribution in [0.3, 0.4) is 0 Å². The lowest BCUT2D eigenvalue weighted by atomic mass is 9.92. The molecule has 70 heavy (non-hydrogen) atoms. The minimum atomic E-state index is -5.08. The fourth-order valence-electron chi connectivity index (χ4n) is 9.72. The topological polar surface area (TPSA) is 81.2 Å². The zero-order valence-electron chi connectivity index (χ0n) is 36.4. The molecule has 0 aliphatic carbocycles. The first-order valence-electron chi connectivity index (χ1n) is 21.9. The Balaban J connectivity index is 1.19. The van der Waals surface area contributed by atoms with Gasteiger partial charge in [-0.3, -0.25) is 0 Å². The van der Waals surface area contributed by atoms with Gasteiger partial charge < -0.3 is 9.13 Å². The van der Waals surface area contributed by atoms with Crippen LogP contribution in [0, 0.1) is 34.0 Å². The zero-order valence-corrected chi connectivity index (χ0v) is 36.4.